The van der Waals surface area contributed by atoms with Crippen LogP contribution in [0.5, 0.6) is 0 Å². The van der Waals surface area contributed by atoms with E-state index in [-0.39, 0.29) is 17.1 Å². The Bertz CT molecular complexity index is 1560. The van der Waals surface area contributed by atoms with Crippen LogP contribution in [0.25, 0.3) is 0 Å². The summed E-state index contributed by atoms with van der Waals surface area (Å²) in [5.41, 5.74) is 0.425. The van der Waals surface area contributed by atoms with Gasteiger partial charge in [0.05, 0.1) is 11.1 Å². The molecule has 0 bridgehead atoms. The Morgan fingerprint density at radius 1 is 1.14 bits per heavy atom. The van der Waals surface area contributed by atoms with E-state index in [0.29, 0.717) is 12.0 Å². The van der Waals surface area contributed by atoms with Crippen molar-refractivity contribution in [2.24, 2.45) is 0 Å². The Morgan fingerprint density at radius 3 is 2.50 bits per heavy atom. The molecular weight excluding hydrogens is 530 g/mol. The SMILES string of the molecule is Cc1ccc(NC(=O)C(C)n2ncc(S(C)(=O)=O)c(Cl)c2=O)cc1S(=O)(=O)NCCc1ccccn1. The smallest absolute Gasteiger partial charge is 0.287 e. The molecule has 1 amide bonds. The Kier molecular flexibility index (Phi) is 8.29. The van der Waals surface area contributed by atoms with E-state index < -0.39 is 47.3 Å². The molecule has 2 N–H and O–H groups in total. The fourth-order valence-electron chi connectivity index (χ4n) is 3.23. The highest BCUT2D eigenvalue weighted by Crippen LogP contribution is 2.22. The van der Waals surface area contributed by atoms with E-state index in [2.05, 4.69) is 20.1 Å². The zero-order chi connectivity index (χ0) is 26.7. The van der Waals surface area contributed by atoms with Crippen LogP contribution in [0.4, 0.5) is 5.69 Å². The number of aromatic nitrogens is 3. The standard InChI is InChI=1S/C22H24ClN5O6S2/c1-14-7-8-17(12-18(14)36(33,34)26-11-9-16-6-4-5-10-24-16)27-21(29)15(2)28-22(30)20(23)19(13-25-28)35(3,31)32/h4-8,10,12-13,15,26H,9,11H2,1-3H3,(H,27,29). The zero-order valence-electron chi connectivity index (χ0n) is 19.6. The molecule has 14 heteroatoms. The van der Waals surface area contributed by atoms with Gasteiger partial charge in [0.15, 0.2) is 9.84 Å². The second-order valence-corrected chi connectivity index (χ2v) is 12.1. The lowest BCUT2D eigenvalue weighted by Gasteiger charge is -2.16. The molecule has 3 rings (SSSR count). The molecule has 0 saturated carbocycles. The van der Waals surface area contributed by atoms with Crippen molar-refractivity contribution in [3.05, 3.63) is 75.4 Å². The fraction of sp³-hybridized carbons (Fsp3) is 0.273. The highest BCUT2D eigenvalue weighted by Gasteiger charge is 2.24. The van der Waals surface area contributed by atoms with Crippen molar-refractivity contribution in [3.8, 4) is 0 Å². The molecule has 192 valence electrons. The lowest BCUT2D eigenvalue weighted by molar-refractivity contribution is -0.119. The predicted octanol–water partition coefficient (Wildman–Crippen LogP) is 1.72. The third kappa shape index (κ3) is 6.35. The number of benzene rings is 1. The third-order valence-corrected chi connectivity index (χ3v) is 8.39. The van der Waals surface area contributed by atoms with Crippen LogP contribution in [-0.4, -0.2) is 50.3 Å². The molecule has 2 aromatic heterocycles. The number of aryl methyl sites for hydroxylation is 1. The molecule has 0 spiro atoms. The van der Waals surface area contributed by atoms with E-state index in [9.17, 15) is 26.4 Å². The number of hydrogen-bond acceptors (Lipinski definition) is 8. The molecule has 0 aliphatic rings. The van der Waals surface area contributed by atoms with Gasteiger partial charge in [-0.3, -0.25) is 14.6 Å². The molecule has 3 aromatic rings. The first-order valence-electron chi connectivity index (χ1n) is 10.6. The number of rotatable bonds is 9. The number of anilines is 1. The number of hydrogen-bond donors (Lipinski definition) is 2. The second-order valence-electron chi connectivity index (χ2n) is 7.96. The molecule has 0 fully saturated rings. The summed E-state index contributed by atoms with van der Waals surface area (Å²) in [6.07, 6.45) is 3.80. The van der Waals surface area contributed by atoms with Gasteiger partial charge in [-0.15, -0.1) is 0 Å². The molecule has 0 saturated heterocycles. The van der Waals surface area contributed by atoms with Crippen LogP contribution >= 0.6 is 11.6 Å². The number of carbonyl (C=O) groups is 1. The van der Waals surface area contributed by atoms with Crippen molar-refractivity contribution in [1.82, 2.24) is 19.5 Å². The number of nitrogens with one attached hydrogen (secondary N) is 2. The molecular formula is C22H24ClN5O6S2. The lowest BCUT2D eigenvalue weighted by atomic mass is 10.2. The summed E-state index contributed by atoms with van der Waals surface area (Å²) in [5.74, 6) is -0.692. The van der Waals surface area contributed by atoms with Gasteiger partial charge in [0.25, 0.3) is 5.56 Å². The Hall–Kier alpha value is -3.13. The predicted molar refractivity (Wildman–Crippen MR) is 134 cm³/mol. The molecule has 1 unspecified atom stereocenters. The van der Waals surface area contributed by atoms with Crippen LogP contribution in [0.1, 0.15) is 24.2 Å². The third-order valence-electron chi connectivity index (χ3n) is 5.20. The second kappa shape index (κ2) is 10.9. The first-order chi connectivity index (χ1) is 16.8. The summed E-state index contributed by atoms with van der Waals surface area (Å²) in [5, 5.41) is 5.74. The number of amides is 1. The fourth-order valence-corrected chi connectivity index (χ4v) is 5.73. The van der Waals surface area contributed by atoms with Crippen LogP contribution in [0.15, 0.2) is 63.4 Å². The quantitative estimate of drug-likeness (QED) is 0.405. The van der Waals surface area contributed by atoms with Gasteiger partial charge in [-0.1, -0.05) is 23.7 Å². The van der Waals surface area contributed by atoms with Crippen molar-refractivity contribution in [3.63, 3.8) is 0 Å². The van der Waals surface area contributed by atoms with Crippen molar-refractivity contribution in [2.75, 3.05) is 18.1 Å². The van der Waals surface area contributed by atoms with E-state index in [4.69, 9.17) is 11.6 Å². The van der Waals surface area contributed by atoms with Crippen LogP contribution in [0.2, 0.25) is 5.02 Å². The van der Waals surface area contributed by atoms with Gasteiger partial charge >= 0.3 is 0 Å². The van der Waals surface area contributed by atoms with Gasteiger partial charge in [-0.05, 0) is 43.7 Å². The largest absolute Gasteiger partial charge is 0.324 e. The van der Waals surface area contributed by atoms with Crippen LogP contribution < -0.4 is 15.6 Å². The molecule has 0 aliphatic carbocycles. The van der Waals surface area contributed by atoms with E-state index in [1.54, 1.807) is 25.3 Å². The minimum atomic E-state index is -3.89. The van der Waals surface area contributed by atoms with Crippen molar-refractivity contribution in [1.29, 1.82) is 0 Å². The first kappa shape index (κ1) is 27.5. The molecule has 1 aromatic carbocycles. The van der Waals surface area contributed by atoms with Gasteiger partial charge in [0, 0.05) is 36.8 Å². The number of carbonyl (C=O) groups excluding carboxylic acids is 1. The van der Waals surface area contributed by atoms with Crippen molar-refractivity contribution >= 4 is 43.1 Å². The average Bonchev–Trinajstić information content (AvgIpc) is 2.81. The number of nitrogens with zero attached hydrogens (tertiary/aromatic N) is 3. The first-order valence-corrected chi connectivity index (χ1v) is 14.3. The normalized spacial score (nSPS) is 12.8. The zero-order valence-corrected chi connectivity index (χ0v) is 22.0. The van der Waals surface area contributed by atoms with E-state index in [0.717, 1.165) is 22.8 Å². The van der Waals surface area contributed by atoms with Gasteiger partial charge < -0.3 is 5.32 Å². The topological polar surface area (TPSA) is 157 Å². The summed E-state index contributed by atoms with van der Waals surface area (Å²) in [7, 11) is -7.68. The number of sulfonamides is 1. The van der Waals surface area contributed by atoms with Crippen LogP contribution in [-0.2, 0) is 31.1 Å². The van der Waals surface area contributed by atoms with Crippen molar-refractivity contribution < 1.29 is 21.6 Å². The summed E-state index contributed by atoms with van der Waals surface area (Å²) >= 11 is 5.90. The highest BCUT2D eigenvalue weighted by molar-refractivity contribution is 7.90. The minimum Gasteiger partial charge on any atom is -0.324 e. The highest BCUT2D eigenvalue weighted by atomic mass is 35.5. The van der Waals surface area contributed by atoms with Gasteiger partial charge in [0.2, 0.25) is 15.9 Å². The molecule has 1 atom stereocenters. The van der Waals surface area contributed by atoms with Crippen LogP contribution in [0.3, 0.4) is 0 Å². The molecule has 2 heterocycles. The monoisotopic (exact) mass is 553 g/mol. The number of sulfone groups is 1. The van der Waals surface area contributed by atoms with E-state index in [1.165, 1.54) is 25.1 Å². The number of halogens is 1. The Morgan fingerprint density at radius 2 is 1.86 bits per heavy atom. The lowest BCUT2D eigenvalue weighted by Crippen LogP contribution is -2.34. The summed E-state index contributed by atoms with van der Waals surface area (Å²) in [6, 6.07) is 8.55. The van der Waals surface area contributed by atoms with Gasteiger partial charge in [-0.25, -0.2) is 26.2 Å². The molecule has 36 heavy (non-hydrogen) atoms. The summed E-state index contributed by atoms with van der Waals surface area (Å²) in [4.78, 5) is 29.0. The molecule has 11 nitrogen and oxygen atoms in total. The number of pyridine rings is 1. The maximum atomic E-state index is 12.9. The van der Waals surface area contributed by atoms with E-state index in [1.807, 2.05) is 6.07 Å². The maximum absolute atomic E-state index is 12.9. The average molecular weight is 554 g/mol. The van der Waals surface area contributed by atoms with Crippen LogP contribution in [0, 0.1) is 6.92 Å². The summed E-state index contributed by atoms with van der Waals surface area (Å²) in [6.45, 7) is 3.12. The Balaban J connectivity index is 1.77. The van der Waals surface area contributed by atoms with Crippen molar-refractivity contribution in [2.45, 2.75) is 36.1 Å². The minimum absolute atomic E-state index is 0.0233. The molecule has 0 radical (unpaired) electrons. The molecule has 0 aliphatic heterocycles. The summed E-state index contributed by atoms with van der Waals surface area (Å²) < 4.78 is 52.5. The van der Waals surface area contributed by atoms with Gasteiger partial charge in [0.1, 0.15) is 16.0 Å². The maximum Gasteiger partial charge on any atom is 0.287 e. The van der Waals surface area contributed by atoms with Gasteiger partial charge in [-0.2, -0.15) is 5.10 Å². The Labute approximate surface area is 213 Å². The van der Waals surface area contributed by atoms with E-state index >= 15 is 0 Å².